The molecule has 6 nitrogen and oxygen atoms in total. The van der Waals surface area contributed by atoms with Crippen molar-refractivity contribution >= 4 is 23.1 Å². The highest BCUT2D eigenvalue weighted by atomic mass is 32.1. The topological polar surface area (TPSA) is 69.0 Å². The van der Waals surface area contributed by atoms with Crippen molar-refractivity contribution in [2.24, 2.45) is 5.92 Å². The highest BCUT2D eigenvalue weighted by Gasteiger charge is 2.15. The zero-order chi connectivity index (χ0) is 19.4. The van der Waals surface area contributed by atoms with Gasteiger partial charge in [-0.1, -0.05) is 13.8 Å². The number of nitrogens with zero attached hydrogens (tertiary/aromatic N) is 3. The summed E-state index contributed by atoms with van der Waals surface area (Å²) in [6.07, 6.45) is 0.472. The molecule has 0 spiro atoms. The van der Waals surface area contributed by atoms with Crippen LogP contribution in [0.4, 0.5) is 5.82 Å². The Bertz CT molecular complexity index is 912. The quantitative estimate of drug-likeness (QED) is 0.642. The number of anilines is 1. The van der Waals surface area contributed by atoms with Gasteiger partial charge in [0, 0.05) is 23.4 Å². The first-order chi connectivity index (χ1) is 13.0. The van der Waals surface area contributed by atoms with Crippen molar-refractivity contribution in [3.8, 4) is 22.1 Å². The number of rotatable bonds is 7. The zero-order valence-corrected chi connectivity index (χ0v) is 16.8. The van der Waals surface area contributed by atoms with Crippen molar-refractivity contribution in [3.63, 3.8) is 0 Å². The second-order valence-corrected chi connectivity index (χ2v) is 7.54. The van der Waals surface area contributed by atoms with Gasteiger partial charge in [-0.25, -0.2) is 4.98 Å². The third-order valence-electron chi connectivity index (χ3n) is 3.83. The maximum atomic E-state index is 12.1. The van der Waals surface area contributed by atoms with E-state index in [1.807, 2.05) is 63.4 Å². The molecule has 1 amide bonds. The summed E-state index contributed by atoms with van der Waals surface area (Å²) in [5.74, 6) is 1.77. The molecule has 0 saturated heterocycles. The van der Waals surface area contributed by atoms with Gasteiger partial charge in [0.25, 0.3) is 0 Å². The van der Waals surface area contributed by atoms with E-state index in [-0.39, 0.29) is 5.91 Å². The average molecular weight is 385 g/mol. The number of aromatic nitrogens is 3. The Hall–Kier alpha value is -2.67. The Morgan fingerprint density at radius 3 is 2.70 bits per heavy atom. The van der Waals surface area contributed by atoms with Gasteiger partial charge in [0.2, 0.25) is 11.0 Å². The molecule has 0 bridgehead atoms. The third kappa shape index (κ3) is 4.74. The van der Waals surface area contributed by atoms with Crippen LogP contribution in [0.15, 0.2) is 35.7 Å². The monoisotopic (exact) mass is 384 g/mol. The van der Waals surface area contributed by atoms with E-state index in [9.17, 15) is 4.79 Å². The Labute approximate surface area is 163 Å². The van der Waals surface area contributed by atoms with E-state index in [4.69, 9.17) is 9.72 Å². The molecule has 27 heavy (non-hydrogen) atoms. The van der Waals surface area contributed by atoms with Crippen LogP contribution >= 0.6 is 11.3 Å². The predicted octanol–water partition coefficient (Wildman–Crippen LogP) is 4.69. The molecule has 1 aromatic carbocycles. The molecule has 0 atom stereocenters. The Balaban J connectivity index is 1.83. The fourth-order valence-electron chi connectivity index (χ4n) is 2.68. The largest absolute Gasteiger partial charge is 0.494 e. The van der Waals surface area contributed by atoms with Crippen molar-refractivity contribution in [2.75, 3.05) is 11.9 Å². The van der Waals surface area contributed by atoms with Gasteiger partial charge in [0.15, 0.2) is 0 Å². The summed E-state index contributed by atoms with van der Waals surface area (Å²) >= 11 is 1.49. The first-order valence-electron chi connectivity index (χ1n) is 9.02. The molecular formula is C20H24N4O2S. The minimum atomic E-state index is -0.0190. The highest BCUT2D eigenvalue weighted by Crippen LogP contribution is 2.27. The Morgan fingerprint density at radius 1 is 1.30 bits per heavy atom. The standard InChI is InChI=1S/C20H24N4O2S/c1-5-26-16-8-6-15(7-9-16)17-12-27-20(21-17)24-18(11-14(4)23-24)22-19(25)10-13(2)3/h6-9,11-13H,5,10H2,1-4H3,(H,22,25). The lowest BCUT2D eigenvalue weighted by Crippen LogP contribution is -2.16. The number of hydrogen-bond donors (Lipinski definition) is 1. The van der Waals surface area contributed by atoms with Crippen LogP contribution in [0.1, 0.15) is 32.9 Å². The van der Waals surface area contributed by atoms with Crippen LogP contribution in [0.5, 0.6) is 5.75 Å². The number of aryl methyl sites for hydroxylation is 1. The normalized spacial score (nSPS) is 11.0. The van der Waals surface area contributed by atoms with E-state index in [0.29, 0.717) is 29.9 Å². The summed E-state index contributed by atoms with van der Waals surface area (Å²) in [5, 5.41) is 10.1. The Kier molecular flexibility index (Phi) is 5.91. The number of ether oxygens (including phenoxy) is 1. The smallest absolute Gasteiger partial charge is 0.225 e. The fraction of sp³-hybridized carbons (Fsp3) is 0.350. The van der Waals surface area contributed by atoms with Gasteiger partial charge in [-0.3, -0.25) is 4.79 Å². The summed E-state index contributed by atoms with van der Waals surface area (Å²) in [5.41, 5.74) is 2.70. The maximum Gasteiger partial charge on any atom is 0.225 e. The van der Waals surface area contributed by atoms with E-state index < -0.39 is 0 Å². The zero-order valence-electron chi connectivity index (χ0n) is 16.0. The van der Waals surface area contributed by atoms with Crippen molar-refractivity contribution < 1.29 is 9.53 Å². The van der Waals surface area contributed by atoms with E-state index in [1.54, 1.807) is 4.68 Å². The van der Waals surface area contributed by atoms with Gasteiger partial charge in [-0.2, -0.15) is 9.78 Å². The lowest BCUT2D eigenvalue weighted by atomic mass is 10.1. The van der Waals surface area contributed by atoms with Crippen molar-refractivity contribution in [3.05, 3.63) is 41.4 Å². The van der Waals surface area contributed by atoms with Crippen molar-refractivity contribution in [2.45, 2.75) is 34.1 Å². The molecule has 2 aromatic heterocycles. The van der Waals surface area contributed by atoms with Crippen molar-refractivity contribution in [1.29, 1.82) is 0 Å². The molecule has 0 saturated carbocycles. The molecular weight excluding hydrogens is 360 g/mol. The highest BCUT2D eigenvalue weighted by molar-refractivity contribution is 7.12. The number of nitrogens with one attached hydrogen (secondary N) is 1. The molecule has 3 aromatic rings. The second-order valence-electron chi connectivity index (χ2n) is 6.70. The molecule has 0 unspecified atom stereocenters. The molecule has 1 N–H and O–H groups in total. The van der Waals surface area contributed by atoms with E-state index >= 15 is 0 Å². The fourth-order valence-corrected chi connectivity index (χ4v) is 3.48. The van der Waals surface area contributed by atoms with Gasteiger partial charge in [-0.05, 0) is 44.0 Å². The van der Waals surface area contributed by atoms with E-state index in [2.05, 4.69) is 10.4 Å². The van der Waals surface area contributed by atoms with Crippen LogP contribution in [0, 0.1) is 12.8 Å². The molecule has 2 heterocycles. The number of amides is 1. The predicted molar refractivity (Wildman–Crippen MR) is 109 cm³/mol. The summed E-state index contributed by atoms with van der Waals surface area (Å²) in [7, 11) is 0. The number of hydrogen-bond acceptors (Lipinski definition) is 5. The molecule has 7 heteroatoms. The minimum Gasteiger partial charge on any atom is -0.494 e. The first kappa shape index (κ1) is 19.1. The number of carbonyl (C=O) groups is 1. The van der Waals surface area contributed by atoms with Crippen LogP contribution in [0.2, 0.25) is 0 Å². The third-order valence-corrected chi connectivity index (χ3v) is 4.64. The van der Waals surface area contributed by atoms with E-state index in [0.717, 1.165) is 22.7 Å². The average Bonchev–Trinajstić information content (AvgIpc) is 3.22. The van der Waals surface area contributed by atoms with Crippen LogP contribution in [-0.2, 0) is 4.79 Å². The summed E-state index contributed by atoms with van der Waals surface area (Å²) in [6, 6.07) is 9.71. The van der Waals surface area contributed by atoms with E-state index in [1.165, 1.54) is 11.3 Å². The second kappa shape index (κ2) is 8.35. The van der Waals surface area contributed by atoms with Gasteiger partial charge < -0.3 is 10.1 Å². The van der Waals surface area contributed by atoms with Crippen LogP contribution in [0.25, 0.3) is 16.4 Å². The number of thiazole rings is 1. The summed E-state index contributed by atoms with van der Waals surface area (Å²) in [4.78, 5) is 16.8. The van der Waals surface area contributed by atoms with Gasteiger partial charge >= 0.3 is 0 Å². The molecule has 3 rings (SSSR count). The molecule has 0 aliphatic heterocycles. The van der Waals surface area contributed by atoms with Crippen molar-refractivity contribution in [1.82, 2.24) is 14.8 Å². The SMILES string of the molecule is CCOc1ccc(-c2csc(-n3nc(C)cc3NC(=O)CC(C)C)n2)cc1. The lowest BCUT2D eigenvalue weighted by Gasteiger charge is -2.08. The molecule has 0 radical (unpaired) electrons. The Morgan fingerprint density at radius 2 is 2.04 bits per heavy atom. The van der Waals surface area contributed by atoms with Gasteiger partial charge in [0.05, 0.1) is 18.0 Å². The van der Waals surface area contributed by atoms with Gasteiger partial charge in [-0.15, -0.1) is 11.3 Å². The minimum absolute atomic E-state index is 0.0190. The molecule has 0 aliphatic carbocycles. The first-order valence-corrected chi connectivity index (χ1v) is 9.90. The maximum absolute atomic E-state index is 12.1. The molecule has 0 fully saturated rings. The summed E-state index contributed by atoms with van der Waals surface area (Å²) in [6.45, 7) is 8.54. The van der Waals surface area contributed by atoms with Crippen LogP contribution < -0.4 is 10.1 Å². The van der Waals surface area contributed by atoms with Crippen LogP contribution in [-0.4, -0.2) is 27.3 Å². The molecule has 0 aliphatic rings. The number of carbonyl (C=O) groups excluding carboxylic acids is 1. The summed E-state index contributed by atoms with van der Waals surface area (Å²) < 4.78 is 7.17. The lowest BCUT2D eigenvalue weighted by molar-refractivity contribution is -0.116. The number of benzene rings is 1. The van der Waals surface area contributed by atoms with Crippen LogP contribution in [0.3, 0.4) is 0 Å². The van der Waals surface area contributed by atoms with Gasteiger partial charge in [0.1, 0.15) is 11.6 Å². The molecule has 142 valence electrons.